The maximum atomic E-state index is 8.87. The molecule has 1 heterocycles. The SMILES string of the molecule is N#Cc1ccc(Cn2ccc(CO)n2)cc1. The first-order valence-electron chi connectivity index (χ1n) is 4.94. The van der Waals surface area contributed by atoms with Gasteiger partial charge in [0.15, 0.2) is 0 Å². The Hall–Kier alpha value is -2.12. The van der Waals surface area contributed by atoms with E-state index in [2.05, 4.69) is 11.2 Å². The fraction of sp³-hybridized carbons (Fsp3) is 0.167. The second-order valence-electron chi connectivity index (χ2n) is 3.47. The summed E-state index contributed by atoms with van der Waals surface area (Å²) in [6, 6.07) is 11.2. The van der Waals surface area contributed by atoms with E-state index in [1.54, 1.807) is 22.9 Å². The maximum absolute atomic E-state index is 8.87. The number of hydrogen-bond acceptors (Lipinski definition) is 3. The van der Waals surface area contributed by atoms with Gasteiger partial charge < -0.3 is 5.11 Å². The van der Waals surface area contributed by atoms with Gasteiger partial charge in [0.1, 0.15) is 0 Å². The molecule has 0 aliphatic carbocycles. The van der Waals surface area contributed by atoms with Crippen molar-refractivity contribution < 1.29 is 5.11 Å². The molecule has 1 aromatic carbocycles. The van der Waals surface area contributed by atoms with E-state index in [0.29, 0.717) is 17.8 Å². The molecular formula is C12H11N3O. The average Bonchev–Trinajstić information content (AvgIpc) is 2.78. The van der Waals surface area contributed by atoms with Gasteiger partial charge in [0, 0.05) is 6.20 Å². The highest BCUT2D eigenvalue weighted by Crippen LogP contribution is 2.05. The normalized spacial score (nSPS) is 10.0. The smallest absolute Gasteiger partial charge is 0.0991 e. The average molecular weight is 213 g/mol. The van der Waals surface area contributed by atoms with E-state index in [1.165, 1.54) is 0 Å². The van der Waals surface area contributed by atoms with Crippen LogP contribution in [-0.2, 0) is 13.2 Å². The predicted molar refractivity (Wildman–Crippen MR) is 58.4 cm³/mol. The lowest BCUT2D eigenvalue weighted by molar-refractivity contribution is 0.275. The second kappa shape index (κ2) is 4.60. The minimum Gasteiger partial charge on any atom is -0.390 e. The molecule has 4 nitrogen and oxygen atoms in total. The number of nitriles is 1. The zero-order valence-corrected chi connectivity index (χ0v) is 8.67. The van der Waals surface area contributed by atoms with Crippen LogP contribution in [-0.4, -0.2) is 14.9 Å². The number of aliphatic hydroxyl groups excluding tert-OH is 1. The van der Waals surface area contributed by atoms with Crippen molar-refractivity contribution in [3.63, 3.8) is 0 Å². The topological polar surface area (TPSA) is 61.8 Å². The predicted octanol–water partition coefficient (Wildman–Crippen LogP) is 1.30. The molecule has 80 valence electrons. The summed E-state index contributed by atoms with van der Waals surface area (Å²) in [7, 11) is 0. The van der Waals surface area contributed by atoms with Gasteiger partial charge in [-0.15, -0.1) is 0 Å². The monoisotopic (exact) mass is 213 g/mol. The van der Waals surface area contributed by atoms with Gasteiger partial charge in [-0.3, -0.25) is 4.68 Å². The molecular weight excluding hydrogens is 202 g/mol. The molecule has 0 saturated carbocycles. The number of benzene rings is 1. The molecule has 0 atom stereocenters. The molecule has 0 amide bonds. The molecule has 0 fully saturated rings. The summed E-state index contributed by atoms with van der Waals surface area (Å²) >= 11 is 0. The van der Waals surface area contributed by atoms with Gasteiger partial charge in [-0.2, -0.15) is 10.4 Å². The summed E-state index contributed by atoms with van der Waals surface area (Å²) in [6.07, 6.45) is 1.82. The first-order chi connectivity index (χ1) is 7.81. The Morgan fingerprint density at radius 3 is 2.56 bits per heavy atom. The van der Waals surface area contributed by atoms with Crippen molar-refractivity contribution in [1.82, 2.24) is 9.78 Å². The van der Waals surface area contributed by atoms with Crippen LogP contribution in [0.15, 0.2) is 36.5 Å². The lowest BCUT2D eigenvalue weighted by atomic mass is 10.1. The first kappa shape index (κ1) is 10.4. The Bertz CT molecular complexity index is 508. The van der Waals surface area contributed by atoms with E-state index < -0.39 is 0 Å². The van der Waals surface area contributed by atoms with Crippen molar-refractivity contribution in [3.8, 4) is 6.07 Å². The Morgan fingerprint density at radius 1 is 1.25 bits per heavy atom. The lowest BCUT2D eigenvalue weighted by Gasteiger charge is -2.01. The minimum atomic E-state index is -0.0413. The number of rotatable bonds is 3. The van der Waals surface area contributed by atoms with Crippen LogP contribution in [0.1, 0.15) is 16.8 Å². The largest absolute Gasteiger partial charge is 0.390 e. The Labute approximate surface area is 93.4 Å². The van der Waals surface area contributed by atoms with Crippen molar-refractivity contribution in [3.05, 3.63) is 53.3 Å². The molecule has 2 aromatic rings. The Kier molecular flexibility index (Phi) is 2.99. The van der Waals surface area contributed by atoms with Crippen molar-refractivity contribution in [2.75, 3.05) is 0 Å². The van der Waals surface area contributed by atoms with Crippen LogP contribution in [0.25, 0.3) is 0 Å². The number of aliphatic hydroxyl groups is 1. The number of nitrogens with zero attached hydrogens (tertiary/aromatic N) is 3. The van der Waals surface area contributed by atoms with Gasteiger partial charge in [-0.25, -0.2) is 0 Å². The third-order valence-electron chi connectivity index (χ3n) is 2.29. The first-order valence-corrected chi connectivity index (χ1v) is 4.94. The van der Waals surface area contributed by atoms with Gasteiger partial charge in [-0.05, 0) is 23.8 Å². The Balaban J connectivity index is 2.11. The van der Waals surface area contributed by atoms with Crippen molar-refractivity contribution in [2.45, 2.75) is 13.2 Å². The third kappa shape index (κ3) is 2.27. The zero-order valence-electron chi connectivity index (χ0n) is 8.67. The van der Waals surface area contributed by atoms with Gasteiger partial charge >= 0.3 is 0 Å². The van der Waals surface area contributed by atoms with Crippen molar-refractivity contribution in [2.24, 2.45) is 0 Å². The van der Waals surface area contributed by atoms with E-state index >= 15 is 0 Å². The van der Waals surface area contributed by atoms with Crippen molar-refractivity contribution >= 4 is 0 Å². The molecule has 0 spiro atoms. The van der Waals surface area contributed by atoms with Gasteiger partial charge in [-0.1, -0.05) is 12.1 Å². The molecule has 0 saturated heterocycles. The number of aromatic nitrogens is 2. The highest BCUT2D eigenvalue weighted by molar-refractivity contribution is 5.31. The van der Waals surface area contributed by atoms with Gasteiger partial charge in [0.05, 0.1) is 30.5 Å². The standard InChI is InChI=1S/C12H11N3O/c13-7-10-1-3-11(4-2-10)8-15-6-5-12(9-16)14-15/h1-6,16H,8-9H2. The molecule has 2 rings (SSSR count). The summed E-state index contributed by atoms with van der Waals surface area (Å²) in [5.74, 6) is 0. The van der Waals surface area contributed by atoms with E-state index in [0.717, 1.165) is 5.56 Å². The summed E-state index contributed by atoms with van der Waals surface area (Å²) < 4.78 is 1.76. The quantitative estimate of drug-likeness (QED) is 0.835. The Morgan fingerprint density at radius 2 is 2.00 bits per heavy atom. The molecule has 0 aliphatic rings. The van der Waals surface area contributed by atoms with Crippen LogP contribution < -0.4 is 0 Å². The maximum Gasteiger partial charge on any atom is 0.0991 e. The van der Waals surface area contributed by atoms with E-state index in [9.17, 15) is 0 Å². The molecule has 1 aromatic heterocycles. The van der Waals surface area contributed by atoms with Crippen LogP contribution in [0.2, 0.25) is 0 Å². The van der Waals surface area contributed by atoms with Crippen LogP contribution in [0.5, 0.6) is 0 Å². The molecule has 0 radical (unpaired) electrons. The van der Waals surface area contributed by atoms with Gasteiger partial charge in [0.2, 0.25) is 0 Å². The summed E-state index contributed by atoms with van der Waals surface area (Å²) in [5, 5.41) is 21.7. The van der Waals surface area contributed by atoms with E-state index in [-0.39, 0.29) is 6.61 Å². The van der Waals surface area contributed by atoms with Gasteiger partial charge in [0.25, 0.3) is 0 Å². The molecule has 0 aliphatic heterocycles. The second-order valence-corrected chi connectivity index (χ2v) is 3.47. The third-order valence-corrected chi connectivity index (χ3v) is 2.29. The number of hydrogen-bond donors (Lipinski definition) is 1. The lowest BCUT2D eigenvalue weighted by Crippen LogP contribution is -2.01. The summed E-state index contributed by atoms with van der Waals surface area (Å²) in [4.78, 5) is 0. The van der Waals surface area contributed by atoms with Crippen molar-refractivity contribution in [1.29, 1.82) is 5.26 Å². The van der Waals surface area contributed by atoms with Crippen LogP contribution in [0.4, 0.5) is 0 Å². The van der Waals surface area contributed by atoms with E-state index in [4.69, 9.17) is 10.4 Å². The molecule has 0 unspecified atom stereocenters. The summed E-state index contributed by atoms with van der Waals surface area (Å²) in [6.45, 7) is 0.603. The van der Waals surface area contributed by atoms with Crippen LogP contribution in [0, 0.1) is 11.3 Å². The molecule has 16 heavy (non-hydrogen) atoms. The zero-order chi connectivity index (χ0) is 11.4. The molecule has 1 N–H and O–H groups in total. The fourth-order valence-corrected chi connectivity index (χ4v) is 1.45. The highest BCUT2D eigenvalue weighted by atomic mass is 16.3. The minimum absolute atomic E-state index is 0.0413. The van der Waals surface area contributed by atoms with Crippen LogP contribution >= 0.6 is 0 Å². The highest BCUT2D eigenvalue weighted by Gasteiger charge is 1.99. The summed E-state index contributed by atoms with van der Waals surface area (Å²) in [5.41, 5.74) is 2.39. The fourth-order valence-electron chi connectivity index (χ4n) is 1.45. The molecule has 4 heteroatoms. The molecule has 0 bridgehead atoms. The van der Waals surface area contributed by atoms with E-state index in [1.807, 2.05) is 18.3 Å². The van der Waals surface area contributed by atoms with Crippen LogP contribution in [0.3, 0.4) is 0 Å².